The summed E-state index contributed by atoms with van der Waals surface area (Å²) < 4.78 is 5.48. The third-order valence-electron chi connectivity index (χ3n) is 2.14. The molecule has 16 heavy (non-hydrogen) atoms. The molecule has 0 spiro atoms. The van der Waals surface area contributed by atoms with E-state index in [0.29, 0.717) is 5.92 Å². The van der Waals surface area contributed by atoms with E-state index in [4.69, 9.17) is 4.74 Å². The van der Waals surface area contributed by atoms with Crippen LogP contribution in [-0.2, 0) is 6.54 Å². The fraction of sp³-hybridized carbons (Fsp3) is 0.615. The van der Waals surface area contributed by atoms with Crippen molar-refractivity contribution in [2.45, 2.75) is 33.7 Å². The van der Waals surface area contributed by atoms with Crippen LogP contribution in [0.15, 0.2) is 18.3 Å². The van der Waals surface area contributed by atoms with Crippen LogP contribution in [0.2, 0.25) is 0 Å². The first-order chi connectivity index (χ1) is 7.72. The number of nitrogens with zero attached hydrogens (tertiary/aromatic N) is 1. The van der Waals surface area contributed by atoms with E-state index in [2.05, 4.69) is 31.1 Å². The summed E-state index contributed by atoms with van der Waals surface area (Å²) in [5, 5.41) is 3.40. The van der Waals surface area contributed by atoms with Gasteiger partial charge in [0.2, 0.25) is 5.88 Å². The summed E-state index contributed by atoms with van der Waals surface area (Å²) >= 11 is 0. The van der Waals surface area contributed by atoms with Gasteiger partial charge in [0.25, 0.3) is 0 Å². The molecule has 90 valence electrons. The van der Waals surface area contributed by atoms with Crippen LogP contribution in [0.1, 0.15) is 32.8 Å². The molecular formula is C13H22N2O. The average Bonchev–Trinajstić information content (AvgIpc) is 2.26. The predicted molar refractivity (Wildman–Crippen MR) is 66.6 cm³/mol. The summed E-state index contributed by atoms with van der Waals surface area (Å²) in [6.07, 6.45) is 2.81. The second-order valence-electron chi connectivity index (χ2n) is 4.38. The van der Waals surface area contributed by atoms with E-state index in [1.807, 2.05) is 12.1 Å². The second-order valence-corrected chi connectivity index (χ2v) is 4.38. The molecule has 1 aromatic rings. The van der Waals surface area contributed by atoms with Crippen LogP contribution in [0.4, 0.5) is 0 Å². The van der Waals surface area contributed by atoms with Gasteiger partial charge in [0.1, 0.15) is 0 Å². The molecule has 0 aliphatic heterocycles. The summed E-state index contributed by atoms with van der Waals surface area (Å²) in [5.74, 6) is 1.41. The van der Waals surface area contributed by atoms with E-state index in [9.17, 15) is 0 Å². The normalized spacial score (nSPS) is 10.8. The number of nitrogens with one attached hydrogen (secondary N) is 1. The van der Waals surface area contributed by atoms with Crippen molar-refractivity contribution in [3.8, 4) is 5.88 Å². The maximum absolute atomic E-state index is 5.48. The fourth-order valence-corrected chi connectivity index (χ4v) is 1.35. The molecule has 0 fully saturated rings. The summed E-state index contributed by atoms with van der Waals surface area (Å²) in [6.45, 7) is 9.14. The van der Waals surface area contributed by atoms with Crippen LogP contribution in [0, 0.1) is 5.92 Å². The van der Waals surface area contributed by atoms with Crippen LogP contribution in [0.25, 0.3) is 0 Å². The summed E-state index contributed by atoms with van der Waals surface area (Å²) in [4.78, 5) is 4.17. The Hall–Kier alpha value is -1.09. The van der Waals surface area contributed by atoms with Crippen molar-refractivity contribution in [2.24, 2.45) is 5.92 Å². The monoisotopic (exact) mass is 222 g/mol. The van der Waals surface area contributed by atoms with Crippen molar-refractivity contribution in [1.29, 1.82) is 0 Å². The number of aromatic nitrogens is 1. The second kappa shape index (κ2) is 7.23. The highest BCUT2D eigenvalue weighted by Gasteiger charge is 1.98. The highest BCUT2D eigenvalue weighted by molar-refractivity contribution is 5.20. The van der Waals surface area contributed by atoms with E-state index in [1.54, 1.807) is 6.20 Å². The molecule has 0 bridgehead atoms. The molecule has 0 radical (unpaired) electrons. The van der Waals surface area contributed by atoms with Crippen LogP contribution >= 0.6 is 0 Å². The number of ether oxygens (including phenoxy) is 1. The van der Waals surface area contributed by atoms with Crippen molar-refractivity contribution in [3.63, 3.8) is 0 Å². The Labute approximate surface area is 98.2 Å². The first-order valence-corrected chi connectivity index (χ1v) is 6.00. The standard InChI is InChI=1S/C13H22N2O/c1-4-7-16-13-8-12(5-6-15-13)10-14-9-11(2)3/h5-6,8,11,14H,4,7,9-10H2,1-3H3. The molecular weight excluding hydrogens is 200 g/mol. The van der Waals surface area contributed by atoms with E-state index >= 15 is 0 Å². The third-order valence-corrected chi connectivity index (χ3v) is 2.14. The van der Waals surface area contributed by atoms with Gasteiger partial charge in [-0.05, 0) is 30.5 Å². The quantitative estimate of drug-likeness (QED) is 0.770. The highest BCUT2D eigenvalue weighted by atomic mass is 16.5. The van der Waals surface area contributed by atoms with Gasteiger partial charge in [-0.2, -0.15) is 0 Å². The van der Waals surface area contributed by atoms with Crippen LogP contribution in [-0.4, -0.2) is 18.1 Å². The van der Waals surface area contributed by atoms with E-state index in [1.165, 1.54) is 5.56 Å². The lowest BCUT2D eigenvalue weighted by atomic mass is 10.2. The van der Waals surface area contributed by atoms with Crippen molar-refractivity contribution in [3.05, 3.63) is 23.9 Å². The van der Waals surface area contributed by atoms with E-state index in [0.717, 1.165) is 32.0 Å². The molecule has 1 rings (SSSR count). The maximum Gasteiger partial charge on any atom is 0.213 e. The first-order valence-electron chi connectivity index (χ1n) is 6.00. The third kappa shape index (κ3) is 5.12. The lowest BCUT2D eigenvalue weighted by Gasteiger charge is -2.08. The number of pyridine rings is 1. The summed E-state index contributed by atoms with van der Waals surface area (Å²) in [7, 11) is 0. The number of rotatable bonds is 7. The van der Waals surface area contributed by atoms with Gasteiger partial charge in [0.15, 0.2) is 0 Å². The topological polar surface area (TPSA) is 34.1 Å². The molecule has 1 N–H and O–H groups in total. The zero-order valence-corrected chi connectivity index (χ0v) is 10.5. The van der Waals surface area contributed by atoms with Gasteiger partial charge in [-0.25, -0.2) is 4.98 Å². The smallest absolute Gasteiger partial charge is 0.213 e. The Morgan fingerprint density at radius 3 is 2.94 bits per heavy atom. The van der Waals surface area contributed by atoms with Gasteiger partial charge < -0.3 is 10.1 Å². The molecule has 0 aliphatic rings. The highest BCUT2D eigenvalue weighted by Crippen LogP contribution is 2.09. The van der Waals surface area contributed by atoms with Crippen molar-refractivity contribution >= 4 is 0 Å². The molecule has 3 heteroatoms. The van der Waals surface area contributed by atoms with Gasteiger partial charge in [-0.1, -0.05) is 20.8 Å². The van der Waals surface area contributed by atoms with E-state index < -0.39 is 0 Å². The Bertz CT molecular complexity index is 300. The van der Waals surface area contributed by atoms with Crippen molar-refractivity contribution in [1.82, 2.24) is 10.3 Å². The largest absolute Gasteiger partial charge is 0.478 e. The Morgan fingerprint density at radius 1 is 1.44 bits per heavy atom. The number of hydrogen-bond acceptors (Lipinski definition) is 3. The van der Waals surface area contributed by atoms with E-state index in [-0.39, 0.29) is 0 Å². The molecule has 0 aliphatic carbocycles. The van der Waals surface area contributed by atoms with Crippen molar-refractivity contribution in [2.75, 3.05) is 13.2 Å². The van der Waals surface area contributed by atoms with Crippen LogP contribution in [0.5, 0.6) is 5.88 Å². The van der Waals surface area contributed by atoms with Crippen LogP contribution in [0.3, 0.4) is 0 Å². The Morgan fingerprint density at radius 2 is 2.25 bits per heavy atom. The maximum atomic E-state index is 5.48. The summed E-state index contributed by atoms with van der Waals surface area (Å²) in [5.41, 5.74) is 1.22. The molecule has 0 aromatic carbocycles. The molecule has 0 atom stereocenters. The van der Waals surface area contributed by atoms with Crippen molar-refractivity contribution < 1.29 is 4.74 Å². The molecule has 1 aromatic heterocycles. The predicted octanol–water partition coefficient (Wildman–Crippen LogP) is 2.62. The molecule has 0 saturated carbocycles. The van der Waals surface area contributed by atoms with Gasteiger partial charge in [0.05, 0.1) is 6.61 Å². The molecule has 0 saturated heterocycles. The molecule has 0 unspecified atom stereocenters. The van der Waals surface area contributed by atoms with Gasteiger partial charge >= 0.3 is 0 Å². The minimum absolute atomic E-state index is 0.678. The summed E-state index contributed by atoms with van der Waals surface area (Å²) in [6, 6.07) is 4.02. The average molecular weight is 222 g/mol. The van der Waals surface area contributed by atoms with Gasteiger partial charge in [-0.3, -0.25) is 0 Å². The first kappa shape index (κ1) is 13.0. The zero-order valence-electron chi connectivity index (χ0n) is 10.5. The van der Waals surface area contributed by atoms with Gasteiger partial charge in [0, 0.05) is 18.8 Å². The molecule has 0 amide bonds. The minimum Gasteiger partial charge on any atom is -0.478 e. The SMILES string of the molecule is CCCOc1cc(CNCC(C)C)ccn1. The lowest BCUT2D eigenvalue weighted by Crippen LogP contribution is -2.19. The Balaban J connectivity index is 2.40. The van der Waals surface area contributed by atoms with Gasteiger partial charge in [-0.15, -0.1) is 0 Å². The fourth-order valence-electron chi connectivity index (χ4n) is 1.35. The molecule has 3 nitrogen and oxygen atoms in total. The molecule has 1 heterocycles. The Kier molecular flexibility index (Phi) is 5.86. The number of hydrogen-bond donors (Lipinski definition) is 1. The minimum atomic E-state index is 0.678. The lowest BCUT2D eigenvalue weighted by molar-refractivity contribution is 0.305. The van der Waals surface area contributed by atoms with Crippen LogP contribution < -0.4 is 10.1 Å². The zero-order chi connectivity index (χ0) is 11.8.